The highest BCUT2D eigenvalue weighted by Gasteiger charge is 2.32. The molecule has 0 aliphatic carbocycles. The lowest BCUT2D eigenvalue weighted by Crippen LogP contribution is -2.42. The van der Waals surface area contributed by atoms with Gasteiger partial charge >= 0.3 is 0 Å². The summed E-state index contributed by atoms with van der Waals surface area (Å²) in [5.74, 6) is -0.215. The van der Waals surface area contributed by atoms with Crippen molar-refractivity contribution in [2.24, 2.45) is 5.92 Å². The Kier molecular flexibility index (Phi) is 5.59. The summed E-state index contributed by atoms with van der Waals surface area (Å²) in [6, 6.07) is 11.1. The fourth-order valence-corrected chi connectivity index (χ4v) is 3.70. The first-order valence-electron chi connectivity index (χ1n) is 9.61. The Morgan fingerprint density at radius 1 is 1.04 bits per heavy atom. The molecular formula is C22H26N2O3. The number of amides is 3. The molecule has 1 atom stereocenters. The molecule has 1 unspecified atom stereocenters. The third kappa shape index (κ3) is 3.72. The predicted molar refractivity (Wildman–Crippen MR) is 106 cm³/mol. The summed E-state index contributed by atoms with van der Waals surface area (Å²) >= 11 is 0. The van der Waals surface area contributed by atoms with E-state index in [1.807, 2.05) is 31.2 Å². The molecule has 0 spiro atoms. The van der Waals surface area contributed by atoms with Gasteiger partial charge in [0.25, 0.3) is 11.8 Å². The molecule has 2 aromatic carbocycles. The summed E-state index contributed by atoms with van der Waals surface area (Å²) in [7, 11) is 0. The maximum atomic E-state index is 12.8. The van der Waals surface area contributed by atoms with Crippen LogP contribution >= 0.6 is 0 Å². The highest BCUT2D eigenvalue weighted by atomic mass is 16.2. The van der Waals surface area contributed by atoms with Gasteiger partial charge in [-0.3, -0.25) is 19.3 Å². The molecule has 1 aliphatic heterocycles. The summed E-state index contributed by atoms with van der Waals surface area (Å²) in [5, 5.41) is 4.65. The minimum Gasteiger partial charge on any atom is -0.353 e. The molecule has 5 heteroatoms. The first-order chi connectivity index (χ1) is 12.9. The van der Waals surface area contributed by atoms with E-state index in [1.54, 1.807) is 12.1 Å². The maximum Gasteiger partial charge on any atom is 0.261 e. The van der Waals surface area contributed by atoms with Crippen molar-refractivity contribution < 1.29 is 14.4 Å². The van der Waals surface area contributed by atoms with Gasteiger partial charge in [0.2, 0.25) is 5.91 Å². The molecule has 0 radical (unpaired) electrons. The summed E-state index contributed by atoms with van der Waals surface area (Å²) in [6.07, 6.45) is 1.63. The van der Waals surface area contributed by atoms with Gasteiger partial charge in [0.1, 0.15) is 0 Å². The summed E-state index contributed by atoms with van der Waals surface area (Å²) in [4.78, 5) is 39.1. The number of carbonyl (C=O) groups is 3. The Hall–Kier alpha value is -2.69. The second-order valence-electron chi connectivity index (χ2n) is 7.40. The number of rotatable bonds is 7. The van der Waals surface area contributed by atoms with Crippen molar-refractivity contribution in [3.8, 4) is 0 Å². The minimum absolute atomic E-state index is 0.0324. The smallest absolute Gasteiger partial charge is 0.261 e. The van der Waals surface area contributed by atoms with Gasteiger partial charge in [0.05, 0.1) is 0 Å². The van der Waals surface area contributed by atoms with Crippen LogP contribution in [0.3, 0.4) is 0 Å². The minimum atomic E-state index is -0.279. The van der Waals surface area contributed by atoms with Crippen LogP contribution in [0.1, 0.15) is 60.7 Å². The highest BCUT2D eigenvalue weighted by Crippen LogP contribution is 2.30. The van der Waals surface area contributed by atoms with Gasteiger partial charge in [-0.15, -0.1) is 0 Å². The molecule has 1 heterocycles. The normalized spacial score (nSPS) is 14.7. The molecule has 3 amide bonds. The quantitative estimate of drug-likeness (QED) is 0.759. The molecule has 1 aliphatic rings. The molecule has 0 aromatic heterocycles. The summed E-state index contributed by atoms with van der Waals surface area (Å²) in [6.45, 7) is 6.46. The lowest BCUT2D eigenvalue weighted by atomic mass is 9.94. The molecule has 0 saturated heterocycles. The van der Waals surface area contributed by atoms with Crippen molar-refractivity contribution in [1.82, 2.24) is 10.2 Å². The van der Waals surface area contributed by atoms with E-state index in [1.165, 1.54) is 4.90 Å². The number of hydrogen-bond acceptors (Lipinski definition) is 3. The fraction of sp³-hybridized carbons (Fsp3) is 0.409. The Labute approximate surface area is 159 Å². The van der Waals surface area contributed by atoms with Gasteiger partial charge < -0.3 is 5.32 Å². The van der Waals surface area contributed by atoms with E-state index in [0.717, 1.165) is 17.2 Å². The van der Waals surface area contributed by atoms with E-state index in [2.05, 4.69) is 19.2 Å². The zero-order chi connectivity index (χ0) is 19.6. The Bertz CT molecular complexity index is 838. The third-order valence-corrected chi connectivity index (χ3v) is 5.23. The number of hydrogen-bond donors (Lipinski definition) is 1. The van der Waals surface area contributed by atoms with Gasteiger partial charge in [-0.2, -0.15) is 0 Å². The molecule has 1 N–H and O–H groups in total. The molecule has 0 fully saturated rings. The van der Waals surface area contributed by atoms with Gasteiger partial charge in [0.15, 0.2) is 0 Å². The first kappa shape index (κ1) is 19.1. The molecule has 5 nitrogen and oxygen atoms in total. The van der Waals surface area contributed by atoms with Gasteiger partial charge in [0, 0.05) is 35.5 Å². The molecule has 3 rings (SSSR count). The zero-order valence-electron chi connectivity index (χ0n) is 16.1. The Balaban J connectivity index is 1.68. The van der Waals surface area contributed by atoms with E-state index in [4.69, 9.17) is 0 Å². The second-order valence-corrected chi connectivity index (χ2v) is 7.40. The average Bonchev–Trinajstić information content (AvgIpc) is 2.66. The van der Waals surface area contributed by atoms with Crippen molar-refractivity contribution in [1.29, 1.82) is 0 Å². The van der Waals surface area contributed by atoms with Crippen LogP contribution in [-0.2, 0) is 4.79 Å². The number of nitrogens with zero attached hydrogens (tertiary/aromatic N) is 1. The molecule has 27 heavy (non-hydrogen) atoms. The van der Waals surface area contributed by atoms with E-state index in [-0.39, 0.29) is 30.3 Å². The SMILES string of the molecule is CCC(NC(=O)CCCN1C(=O)c2cccc3cccc(c23)C1=O)C(C)C. The molecule has 0 bridgehead atoms. The molecular weight excluding hydrogens is 340 g/mol. The first-order valence-corrected chi connectivity index (χ1v) is 9.61. The van der Waals surface area contributed by atoms with Crippen molar-refractivity contribution >= 4 is 28.5 Å². The van der Waals surface area contributed by atoms with Crippen LogP contribution in [0.5, 0.6) is 0 Å². The van der Waals surface area contributed by atoms with Crippen LogP contribution in [0.2, 0.25) is 0 Å². The van der Waals surface area contributed by atoms with Crippen molar-refractivity contribution in [2.75, 3.05) is 6.54 Å². The predicted octanol–water partition coefficient (Wildman–Crippen LogP) is 3.77. The average molecular weight is 366 g/mol. The standard InChI is InChI=1S/C22H26N2O3/c1-4-18(14(2)3)23-19(25)12-7-13-24-21(26)16-10-5-8-15-9-6-11-17(20(15)16)22(24)27/h5-6,8-11,14,18H,4,7,12-13H2,1-3H3,(H,23,25). The van der Waals surface area contributed by atoms with Gasteiger partial charge in [-0.25, -0.2) is 0 Å². The summed E-state index contributed by atoms with van der Waals surface area (Å²) < 4.78 is 0. The van der Waals surface area contributed by atoms with E-state index in [0.29, 0.717) is 29.9 Å². The molecule has 142 valence electrons. The number of nitrogens with one attached hydrogen (secondary N) is 1. The largest absolute Gasteiger partial charge is 0.353 e. The lowest BCUT2D eigenvalue weighted by Gasteiger charge is -2.27. The monoisotopic (exact) mass is 366 g/mol. The third-order valence-electron chi connectivity index (χ3n) is 5.23. The van der Waals surface area contributed by atoms with Crippen LogP contribution < -0.4 is 5.32 Å². The van der Waals surface area contributed by atoms with Crippen LogP contribution in [-0.4, -0.2) is 35.2 Å². The van der Waals surface area contributed by atoms with Crippen molar-refractivity contribution in [2.45, 2.75) is 46.1 Å². The van der Waals surface area contributed by atoms with Gasteiger partial charge in [-0.1, -0.05) is 45.0 Å². The Morgan fingerprint density at radius 3 is 2.15 bits per heavy atom. The topological polar surface area (TPSA) is 66.5 Å². The highest BCUT2D eigenvalue weighted by molar-refractivity contribution is 6.25. The lowest BCUT2D eigenvalue weighted by molar-refractivity contribution is -0.122. The molecule has 0 saturated carbocycles. The fourth-order valence-electron chi connectivity index (χ4n) is 3.70. The summed E-state index contributed by atoms with van der Waals surface area (Å²) in [5.41, 5.74) is 1.11. The van der Waals surface area contributed by atoms with E-state index < -0.39 is 0 Å². The van der Waals surface area contributed by atoms with Gasteiger partial charge in [-0.05, 0) is 36.3 Å². The number of imide groups is 1. The van der Waals surface area contributed by atoms with Crippen molar-refractivity contribution in [3.05, 3.63) is 47.5 Å². The molecule has 2 aromatic rings. The van der Waals surface area contributed by atoms with Crippen LogP contribution in [0.15, 0.2) is 36.4 Å². The second kappa shape index (κ2) is 7.91. The maximum absolute atomic E-state index is 12.8. The zero-order valence-corrected chi connectivity index (χ0v) is 16.1. The van der Waals surface area contributed by atoms with Crippen LogP contribution in [0.4, 0.5) is 0 Å². The van der Waals surface area contributed by atoms with Crippen molar-refractivity contribution in [3.63, 3.8) is 0 Å². The number of carbonyl (C=O) groups excluding carboxylic acids is 3. The van der Waals surface area contributed by atoms with E-state index >= 15 is 0 Å². The van der Waals surface area contributed by atoms with Crippen LogP contribution in [0.25, 0.3) is 10.8 Å². The number of benzene rings is 2. The van der Waals surface area contributed by atoms with Crippen LogP contribution in [0, 0.1) is 5.92 Å². The van der Waals surface area contributed by atoms with E-state index in [9.17, 15) is 14.4 Å². The Morgan fingerprint density at radius 2 is 1.63 bits per heavy atom.